The van der Waals surface area contributed by atoms with Crippen molar-refractivity contribution in [1.29, 1.82) is 0 Å². The third-order valence-corrected chi connectivity index (χ3v) is 3.96. The summed E-state index contributed by atoms with van der Waals surface area (Å²) in [6.45, 7) is 0.628. The Balaban J connectivity index is 2.01. The summed E-state index contributed by atoms with van der Waals surface area (Å²) in [6.07, 6.45) is 0.172. The highest BCUT2D eigenvalue weighted by atomic mass is 32.2. The van der Waals surface area contributed by atoms with Crippen molar-refractivity contribution in [3.8, 4) is 0 Å². The van der Waals surface area contributed by atoms with E-state index in [0.717, 1.165) is 0 Å². The van der Waals surface area contributed by atoms with E-state index >= 15 is 0 Å². The van der Waals surface area contributed by atoms with E-state index in [-0.39, 0.29) is 36.4 Å². The van der Waals surface area contributed by atoms with Crippen LogP contribution in [0.1, 0.15) is 12.0 Å². The third-order valence-electron chi connectivity index (χ3n) is 3.03. The molecule has 19 heavy (non-hydrogen) atoms. The molecule has 1 aromatic carbocycles. The number of nitrogens with zero attached hydrogens (tertiary/aromatic N) is 1. The highest BCUT2D eigenvalue weighted by Gasteiger charge is 2.31. The van der Waals surface area contributed by atoms with Gasteiger partial charge >= 0.3 is 0 Å². The van der Waals surface area contributed by atoms with E-state index in [2.05, 4.69) is 0 Å². The maximum Gasteiger partial charge on any atom is 0.223 e. The summed E-state index contributed by atoms with van der Waals surface area (Å²) in [5.41, 5.74) is 0.685. The maximum absolute atomic E-state index is 13.0. The Labute approximate surface area is 111 Å². The molecule has 7 heteroatoms. The molecule has 1 aromatic rings. The van der Waals surface area contributed by atoms with Crippen molar-refractivity contribution in [2.24, 2.45) is 11.1 Å². The Kier molecular flexibility index (Phi) is 3.86. The summed E-state index contributed by atoms with van der Waals surface area (Å²) in [4.78, 5) is 13.3. The molecule has 1 unspecified atom stereocenters. The zero-order valence-electron chi connectivity index (χ0n) is 10.3. The fraction of sp³-hybridized carbons (Fsp3) is 0.417. The van der Waals surface area contributed by atoms with Gasteiger partial charge < -0.3 is 4.90 Å². The van der Waals surface area contributed by atoms with Crippen LogP contribution in [-0.2, 0) is 21.4 Å². The van der Waals surface area contributed by atoms with Gasteiger partial charge in [0.25, 0.3) is 0 Å². The van der Waals surface area contributed by atoms with Crippen molar-refractivity contribution >= 4 is 15.9 Å². The first kappa shape index (κ1) is 14.0. The van der Waals surface area contributed by atoms with Gasteiger partial charge in [-0.2, -0.15) is 0 Å². The quantitative estimate of drug-likeness (QED) is 0.873. The van der Waals surface area contributed by atoms with E-state index < -0.39 is 10.0 Å². The van der Waals surface area contributed by atoms with Crippen LogP contribution in [0.2, 0.25) is 0 Å². The molecule has 1 saturated heterocycles. The smallest absolute Gasteiger partial charge is 0.223 e. The molecule has 0 spiro atoms. The number of hydrogen-bond acceptors (Lipinski definition) is 3. The second kappa shape index (κ2) is 5.26. The SMILES string of the molecule is NS(=O)(=O)CC1CC(=O)N(Cc2cccc(F)c2)C1. The maximum atomic E-state index is 13.0. The van der Waals surface area contributed by atoms with Gasteiger partial charge in [0.1, 0.15) is 5.82 Å². The second-order valence-corrected chi connectivity index (χ2v) is 6.46. The zero-order valence-corrected chi connectivity index (χ0v) is 11.1. The van der Waals surface area contributed by atoms with Crippen LogP contribution in [-0.4, -0.2) is 31.5 Å². The summed E-state index contributed by atoms with van der Waals surface area (Å²) in [7, 11) is -3.57. The normalized spacial score (nSPS) is 20.0. The zero-order chi connectivity index (χ0) is 14.0. The summed E-state index contributed by atoms with van der Waals surface area (Å²) < 4.78 is 35.0. The van der Waals surface area contributed by atoms with Crippen molar-refractivity contribution < 1.29 is 17.6 Å². The first-order valence-corrected chi connectivity index (χ1v) is 7.58. The standard InChI is InChI=1S/C12H15FN2O3S/c13-11-3-1-2-9(4-11)6-15-7-10(5-12(15)16)8-19(14,17)18/h1-4,10H,5-8H2,(H2,14,17,18). The average molecular weight is 286 g/mol. The van der Waals surface area contributed by atoms with E-state index in [0.29, 0.717) is 12.1 Å². The highest BCUT2D eigenvalue weighted by Crippen LogP contribution is 2.21. The molecule has 1 atom stereocenters. The van der Waals surface area contributed by atoms with Crippen LogP contribution in [0.3, 0.4) is 0 Å². The number of hydrogen-bond donors (Lipinski definition) is 1. The minimum Gasteiger partial charge on any atom is -0.338 e. The molecule has 0 aromatic heterocycles. The van der Waals surface area contributed by atoms with Crippen LogP contribution < -0.4 is 5.14 Å². The number of primary sulfonamides is 1. The van der Waals surface area contributed by atoms with Crippen LogP contribution in [0.4, 0.5) is 4.39 Å². The van der Waals surface area contributed by atoms with Gasteiger partial charge in [-0.15, -0.1) is 0 Å². The van der Waals surface area contributed by atoms with Crippen LogP contribution in [0.25, 0.3) is 0 Å². The van der Waals surface area contributed by atoms with Gasteiger partial charge in [0.15, 0.2) is 0 Å². The Bertz CT molecular complexity index is 588. The van der Waals surface area contributed by atoms with Gasteiger partial charge in [0.2, 0.25) is 15.9 Å². The fourth-order valence-corrected chi connectivity index (χ4v) is 3.18. The number of nitrogens with two attached hydrogens (primary N) is 1. The molecule has 2 N–H and O–H groups in total. The number of carbonyl (C=O) groups excluding carboxylic acids is 1. The predicted molar refractivity (Wildman–Crippen MR) is 67.9 cm³/mol. The van der Waals surface area contributed by atoms with E-state index in [1.165, 1.54) is 17.0 Å². The monoisotopic (exact) mass is 286 g/mol. The number of likely N-dealkylation sites (tertiary alicyclic amines) is 1. The molecule has 5 nitrogen and oxygen atoms in total. The van der Waals surface area contributed by atoms with Crippen molar-refractivity contribution in [3.05, 3.63) is 35.6 Å². The van der Waals surface area contributed by atoms with E-state index in [1.807, 2.05) is 0 Å². The van der Waals surface area contributed by atoms with Crippen LogP contribution in [0.15, 0.2) is 24.3 Å². The minimum absolute atomic E-state index is 0.127. The molecule has 0 saturated carbocycles. The fourth-order valence-electron chi connectivity index (χ4n) is 2.30. The molecule has 0 radical (unpaired) electrons. The van der Waals surface area contributed by atoms with Crippen molar-refractivity contribution in [3.63, 3.8) is 0 Å². The van der Waals surface area contributed by atoms with Crippen molar-refractivity contribution in [2.75, 3.05) is 12.3 Å². The van der Waals surface area contributed by atoms with Crippen LogP contribution >= 0.6 is 0 Å². The Morgan fingerprint density at radius 3 is 2.79 bits per heavy atom. The largest absolute Gasteiger partial charge is 0.338 e. The van der Waals surface area contributed by atoms with Gasteiger partial charge in [-0.05, 0) is 17.7 Å². The Morgan fingerprint density at radius 2 is 2.16 bits per heavy atom. The summed E-state index contributed by atoms with van der Waals surface area (Å²) in [5, 5.41) is 4.97. The lowest BCUT2D eigenvalue weighted by Gasteiger charge is -2.16. The molecule has 1 amide bonds. The van der Waals surface area contributed by atoms with Crippen LogP contribution in [0, 0.1) is 11.7 Å². The first-order chi connectivity index (χ1) is 8.83. The molecular weight excluding hydrogens is 271 g/mol. The molecular formula is C12H15FN2O3S. The lowest BCUT2D eigenvalue weighted by atomic mass is 10.1. The van der Waals surface area contributed by atoms with E-state index in [1.54, 1.807) is 12.1 Å². The molecule has 1 aliphatic heterocycles. The Morgan fingerprint density at radius 1 is 1.42 bits per heavy atom. The topological polar surface area (TPSA) is 80.5 Å². The van der Waals surface area contributed by atoms with Crippen molar-refractivity contribution in [2.45, 2.75) is 13.0 Å². The molecule has 2 rings (SSSR count). The first-order valence-electron chi connectivity index (χ1n) is 5.86. The molecule has 0 aliphatic carbocycles. The molecule has 1 aliphatic rings. The van der Waals surface area contributed by atoms with Crippen molar-refractivity contribution in [1.82, 2.24) is 4.90 Å². The molecule has 1 heterocycles. The van der Waals surface area contributed by atoms with Gasteiger partial charge in [0, 0.05) is 25.4 Å². The molecule has 104 valence electrons. The van der Waals surface area contributed by atoms with Gasteiger partial charge in [-0.1, -0.05) is 12.1 Å². The Hall–Kier alpha value is -1.47. The number of amides is 1. The average Bonchev–Trinajstić information content (AvgIpc) is 2.56. The predicted octanol–water partition coefficient (Wildman–Crippen LogP) is 0.463. The highest BCUT2D eigenvalue weighted by molar-refractivity contribution is 7.89. The van der Waals surface area contributed by atoms with E-state index in [9.17, 15) is 17.6 Å². The third kappa shape index (κ3) is 4.00. The molecule has 0 bridgehead atoms. The summed E-state index contributed by atoms with van der Waals surface area (Å²) in [6, 6.07) is 6.00. The number of rotatable bonds is 4. The van der Waals surface area contributed by atoms with Crippen LogP contribution in [0.5, 0.6) is 0 Å². The van der Waals surface area contributed by atoms with Gasteiger partial charge in [-0.25, -0.2) is 17.9 Å². The summed E-state index contributed by atoms with van der Waals surface area (Å²) in [5.74, 6) is -0.961. The lowest BCUT2D eigenvalue weighted by Crippen LogP contribution is -2.27. The van der Waals surface area contributed by atoms with E-state index in [4.69, 9.17) is 5.14 Å². The number of carbonyl (C=O) groups is 1. The number of sulfonamides is 1. The number of halogens is 1. The minimum atomic E-state index is -3.57. The summed E-state index contributed by atoms with van der Waals surface area (Å²) >= 11 is 0. The second-order valence-electron chi connectivity index (χ2n) is 4.80. The number of benzene rings is 1. The van der Waals surface area contributed by atoms with Gasteiger partial charge in [-0.3, -0.25) is 4.79 Å². The van der Waals surface area contributed by atoms with Gasteiger partial charge in [0.05, 0.1) is 5.75 Å². The molecule has 1 fully saturated rings. The lowest BCUT2D eigenvalue weighted by molar-refractivity contribution is -0.128.